The van der Waals surface area contributed by atoms with Crippen molar-refractivity contribution in [3.63, 3.8) is 0 Å². The second-order valence-electron chi connectivity index (χ2n) is 21.9. The van der Waals surface area contributed by atoms with Gasteiger partial charge in [-0.05, 0) is 58.4 Å². The van der Waals surface area contributed by atoms with Crippen LogP contribution >= 0.6 is 0 Å². The molecule has 444 valence electrons. The summed E-state index contributed by atoms with van der Waals surface area (Å²) in [6.07, 6.45) is 30.0. The Bertz CT molecular complexity index is 1470. The molecule has 1 saturated heterocycles. The number of hydrogen-bond acceptors (Lipinski definition) is 15. The van der Waals surface area contributed by atoms with Crippen molar-refractivity contribution in [2.45, 2.75) is 264 Å². The van der Waals surface area contributed by atoms with Gasteiger partial charge in [-0.1, -0.05) is 168 Å². The van der Waals surface area contributed by atoms with E-state index in [0.717, 1.165) is 142 Å². The van der Waals surface area contributed by atoms with Crippen LogP contribution in [-0.4, -0.2) is 130 Å². The molecule has 1 fully saturated rings. The van der Waals surface area contributed by atoms with E-state index in [1.54, 1.807) is 0 Å². The van der Waals surface area contributed by atoms with E-state index >= 15 is 0 Å². The molecule has 77 heavy (non-hydrogen) atoms. The number of ether oxygens (including phenoxy) is 7. The maximum Gasteiger partial charge on any atom is 0.410 e. The van der Waals surface area contributed by atoms with Crippen LogP contribution in [0.4, 0.5) is 4.79 Å². The van der Waals surface area contributed by atoms with Crippen molar-refractivity contribution >= 4 is 41.9 Å². The number of nitrogens with zero attached hydrogens (tertiary/aromatic N) is 2. The van der Waals surface area contributed by atoms with Gasteiger partial charge >= 0.3 is 41.9 Å². The Balaban J connectivity index is 2.18. The van der Waals surface area contributed by atoms with Crippen LogP contribution in [-0.2, 0) is 61.9 Å². The van der Waals surface area contributed by atoms with Crippen LogP contribution in [0.5, 0.6) is 0 Å². The number of esters is 6. The lowest BCUT2D eigenvalue weighted by molar-refractivity contribution is -0.156. The normalized spacial score (nSPS) is 16.0. The van der Waals surface area contributed by atoms with Crippen molar-refractivity contribution in [3.8, 4) is 0 Å². The van der Waals surface area contributed by atoms with Gasteiger partial charge in [-0.2, -0.15) is 0 Å². The molecule has 0 radical (unpaired) electrons. The first-order valence-electron chi connectivity index (χ1n) is 30.6. The van der Waals surface area contributed by atoms with Crippen molar-refractivity contribution in [3.05, 3.63) is 12.2 Å². The van der Waals surface area contributed by atoms with E-state index in [-0.39, 0.29) is 108 Å². The summed E-state index contributed by atoms with van der Waals surface area (Å²) in [6.45, 7) is 9.28. The highest BCUT2D eigenvalue weighted by atomic mass is 16.6. The van der Waals surface area contributed by atoms with Crippen molar-refractivity contribution in [1.29, 1.82) is 0 Å². The van der Waals surface area contributed by atoms with Crippen LogP contribution in [0.2, 0.25) is 0 Å². The van der Waals surface area contributed by atoms with E-state index in [2.05, 4.69) is 32.6 Å². The molecule has 0 unspecified atom stereocenters. The fourth-order valence-electron chi connectivity index (χ4n) is 9.56. The molecule has 0 aromatic rings. The van der Waals surface area contributed by atoms with Crippen molar-refractivity contribution in [2.24, 2.45) is 11.8 Å². The molecule has 0 saturated carbocycles. The van der Waals surface area contributed by atoms with Crippen LogP contribution in [0.3, 0.4) is 0 Å². The number of likely N-dealkylation sites (tertiary alicyclic amines) is 1. The molecule has 2 rings (SSSR count). The van der Waals surface area contributed by atoms with E-state index in [1.165, 1.54) is 4.90 Å². The molecule has 2 atom stereocenters. The molecule has 0 spiro atoms. The predicted molar refractivity (Wildman–Crippen MR) is 299 cm³/mol. The highest BCUT2D eigenvalue weighted by Gasteiger charge is 2.36. The predicted octanol–water partition coefficient (Wildman–Crippen LogP) is 12.9. The zero-order valence-electron chi connectivity index (χ0n) is 48.8. The minimum atomic E-state index is -0.686. The molecule has 1 amide bonds. The number of hydrogen-bond donors (Lipinski definition) is 0. The number of piperidine rings is 1. The lowest BCUT2D eigenvalue weighted by Crippen LogP contribution is -2.52. The third-order valence-corrected chi connectivity index (χ3v) is 14.6. The molecule has 2 heterocycles. The zero-order valence-corrected chi connectivity index (χ0v) is 48.8. The first-order chi connectivity index (χ1) is 37.4. The van der Waals surface area contributed by atoms with Gasteiger partial charge in [0.05, 0.1) is 51.4 Å². The van der Waals surface area contributed by atoms with Crippen molar-refractivity contribution in [1.82, 2.24) is 9.80 Å². The Labute approximate surface area is 464 Å². The van der Waals surface area contributed by atoms with Crippen LogP contribution in [0.15, 0.2) is 12.2 Å². The fourth-order valence-corrected chi connectivity index (χ4v) is 9.56. The second-order valence-corrected chi connectivity index (χ2v) is 21.9. The van der Waals surface area contributed by atoms with E-state index in [1.807, 2.05) is 19.2 Å². The number of rotatable bonds is 45. The SMILES string of the molecule is CCCCCCCCC(=O)OCC(COC(=O)CCCCCCCC)CC(=O)OC[C@H]1CC=CC[C@@H](COC(=O)CC(COC(=O)CCCCCCCC)COC(=O)CCCCCCCC)N1C(=O)OC1CCN(C)CC1. The lowest BCUT2D eigenvalue weighted by Gasteiger charge is -2.37. The maximum absolute atomic E-state index is 14.3. The van der Waals surface area contributed by atoms with E-state index in [0.29, 0.717) is 51.4 Å². The summed E-state index contributed by atoms with van der Waals surface area (Å²) in [4.78, 5) is 96.5. The van der Waals surface area contributed by atoms with Gasteiger partial charge in [-0.25, -0.2) is 4.79 Å². The van der Waals surface area contributed by atoms with Crippen molar-refractivity contribution in [2.75, 3.05) is 59.8 Å². The summed E-state index contributed by atoms with van der Waals surface area (Å²) in [5.74, 6) is -3.98. The fraction of sp³-hybridized carbons (Fsp3) is 0.852. The van der Waals surface area contributed by atoms with Gasteiger partial charge in [0.1, 0.15) is 19.3 Å². The Hall–Kier alpha value is -4.21. The second kappa shape index (κ2) is 45.6. The molecule has 16 nitrogen and oxygen atoms in total. The Kier molecular flexibility index (Phi) is 40.8. The summed E-state index contributed by atoms with van der Waals surface area (Å²) < 4.78 is 40.4. The maximum atomic E-state index is 14.3. The summed E-state index contributed by atoms with van der Waals surface area (Å²) in [7, 11) is 2.02. The topological polar surface area (TPSA) is 191 Å². The molecule has 0 N–H and O–H groups in total. The Morgan fingerprint density at radius 1 is 0.416 bits per heavy atom. The first-order valence-corrected chi connectivity index (χ1v) is 30.6. The quantitative estimate of drug-likeness (QED) is 0.0242. The van der Waals surface area contributed by atoms with Gasteiger partial charge in [-0.15, -0.1) is 0 Å². The van der Waals surface area contributed by atoms with Crippen LogP contribution in [0.25, 0.3) is 0 Å². The van der Waals surface area contributed by atoms with Crippen LogP contribution in [0, 0.1) is 11.8 Å². The Morgan fingerprint density at radius 2 is 0.714 bits per heavy atom. The van der Waals surface area contributed by atoms with Crippen molar-refractivity contribution < 1.29 is 66.7 Å². The third-order valence-electron chi connectivity index (χ3n) is 14.6. The van der Waals surface area contributed by atoms with Gasteiger partial charge in [0.2, 0.25) is 0 Å². The monoisotopic (exact) mass is 1090 g/mol. The molecule has 0 bridgehead atoms. The third kappa shape index (κ3) is 35.8. The molecular formula is C61H106N2O14. The average Bonchev–Trinajstić information content (AvgIpc) is 3.63. The summed E-state index contributed by atoms with van der Waals surface area (Å²) >= 11 is 0. The average molecular weight is 1090 g/mol. The minimum absolute atomic E-state index is 0.118. The number of unbranched alkanes of at least 4 members (excludes halogenated alkanes) is 20. The zero-order chi connectivity index (χ0) is 56.1. The molecule has 0 aliphatic carbocycles. The molecule has 0 aromatic heterocycles. The summed E-state index contributed by atoms with van der Waals surface area (Å²) in [5.41, 5.74) is 0. The molecular weight excluding hydrogens is 985 g/mol. The smallest absolute Gasteiger partial charge is 0.410 e. The molecule has 16 heteroatoms. The standard InChI is InChI=1S/C61H106N2O14/c1-6-10-14-18-22-26-34-55(64)71-44-50(45-72-56(65)35-27-23-19-15-11-7-2)42-59(68)75-48-52-32-30-31-33-53(63(52)61(70)77-54-38-40-62(5)41-39-54)49-76-60(69)43-51(46-73-57(66)36-28-24-20-16-12-8-3)47-74-58(67)37-29-25-21-17-13-9-4/h30-31,50-54H,6-29,32-49H2,1-5H3/t52-,53+. The van der Waals surface area contributed by atoms with E-state index in [9.17, 15) is 33.6 Å². The first kappa shape index (κ1) is 68.9. The van der Waals surface area contributed by atoms with Gasteiger partial charge < -0.3 is 38.1 Å². The van der Waals surface area contributed by atoms with Gasteiger partial charge in [0.15, 0.2) is 0 Å². The van der Waals surface area contributed by atoms with E-state index in [4.69, 9.17) is 33.2 Å². The molecule has 0 aromatic carbocycles. The largest absolute Gasteiger partial charge is 0.465 e. The lowest BCUT2D eigenvalue weighted by atomic mass is 10.1. The molecule has 2 aliphatic rings. The van der Waals surface area contributed by atoms with Gasteiger partial charge in [0.25, 0.3) is 0 Å². The molecule has 2 aliphatic heterocycles. The number of amides is 1. The summed E-state index contributed by atoms with van der Waals surface area (Å²) in [5, 5.41) is 0. The summed E-state index contributed by atoms with van der Waals surface area (Å²) in [6, 6.07) is -1.37. The number of carbonyl (C=O) groups excluding carboxylic acids is 7. The highest BCUT2D eigenvalue weighted by Crippen LogP contribution is 2.24. The van der Waals surface area contributed by atoms with Crippen LogP contribution in [0.1, 0.15) is 246 Å². The van der Waals surface area contributed by atoms with Gasteiger partial charge in [-0.3, -0.25) is 33.7 Å². The van der Waals surface area contributed by atoms with Crippen LogP contribution < -0.4 is 0 Å². The highest BCUT2D eigenvalue weighted by molar-refractivity contribution is 5.73. The Morgan fingerprint density at radius 3 is 1.03 bits per heavy atom. The van der Waals surface area contributed by atoms with Gasteiger partial charge in [0, 0.05) is 50.6 Å². The number of carbonyl (C=O) groups is 7. The van der Waals surface area contributed by atoms with E-state index < -0.39 is 42.0 Å². The minimum Gasteiger partial charge on any atom is -0.465 e.